The lowest BCUT2D eigenvalue weighted by Crippen LogP contribution is -2.42. The van der Waals surface area contributed by atoms with E-state index >= 15 is 0 Å². The Bertz CT molecular complexity index is 367. The van der Waals surface area contributed by atoms with Gasteiger partial charge in [-0.05, 0) is 50.4 Å². The lowest BCUT2D eigenvalue weighted by molar-refractivity contribution is 0.194. The van der Waals surface area contributed by atoms with Crippen LogP contribution in [0.25, 0.3) is 0 Å². The summed E-state index contributed by atoms with van der Waals surface area (Å²) in [5, 5.41) is 0. The molecule has 0 spiro atoms. The van der Waals surface area contributed by atoms with Gasteiger partial charge in [0.05, 0.1) is 0 Å². The first-order chi connectivity index (χ1) is 8.20. The summed E-state index contributed by atoms with van der Waals surface area (Å²) < 4.78 is 13.1. The second kappa shape index (κ2) is 5.61. The van der Waals surface area contributed by atoms with Crippen LogP contribution in [-0.2, 0) is 6.42 Å². The summed E-state index contributed by atoms with van der Waals surface area (Å²) in [5.41, 5.74) is 6.85. The zero-order valence-corrected chi connectivity index (χ0v) is 10.4. The molecule has 0 radical (unpaired) electrons. The third-order valence-corrected chi connectivity index (χ3v) is 3.68. The molecule has 1 fully saturated rings. The number of halogens is 1. The van der Waals surface area contributed by atoms with Crippen molar-refractivity contribution in [3.8, 4) is 0 Å². The summed E-state index contributed by atoms with van der Waals surface area (Å²) in [6.45, 7) is 4.06. The van der Waals surface area contributed by atoms with Crippen LogP contribution in [0.3, 0.4) is 0 Å². The minimum atomic E-state index is -0.147. The Morgan fingerprint density at radius 1 is 1.53 bits per heavy atom. The van der Waals surface area contributed by atoms with Gasteiger partial charge in [-0.25, -0.2) is 4.39 Å². The Morgan fingerprint density at radius 2 is 2.35 bits per heavy atom. The largest absolute Gasteiger partial charge is 0.329 e. The molecular formula is C14H21FN2. The van der Waals surface area contributed by atoms with Gasteiger partial charge in [0.1, 0.15) is 5.82 Å². The molecule has 1 aliphatic heterocycles. The molecule has 0 aliphatic carbocycles. The number of rotatable bonds is 4. The van der Waals surface area contributed by atoms with E-state index in [1.807, 2.05) is 6.07 Å². The van der Waals surface area contributed by atoms with Gasteiger partial charge in [0.15, 0.2) is 0 Å². The molecule has 1 aromatic rings. The van der Waals surface area contributed by atoms with Crippen LogP contribution in [0.2, 0.25) is 0 Å². The zero-order chi connectivity index (χ0) is 12.3. The summed E-state index contributed by atoms with van der Waals surface area (Å²) in [6.07, 6.45) is 3.33. The van der Waals surface area contributed by atoms with Crippen molar-refractivity contribution in [2.45, 2.75) is 38.3 Å². The maximum atomic E-state index is 13.1. The van der Waals surface area contributed by atoms with Crippen LogP contribution in [0.4, 0.5) is 4.39 Å². The highest BCUT2D eigenvalue weighted by Crippen LogP contribution is 2.21. The van der Waals surface area contributed by atoms with Gasteiger partial charge in [-0.15, -0.1) is 0 Å². The van der Waals surface area contributed by atoms with Crippen LogP contribution in [0.5, 0.6) is 0 Å². The van der Waals surface area contributed by atoms with E-state index in [1.54, 1.807) is 12.1 Å². The molecule has 1 heterocycles. The Balaban J connectivity index is 1.99. The predicted molar refractivity (Wildman–Crippen MR) is 68.3 cm³/mol. The summed E-state index contributed by atoms with van der Waals surface area (Å²) in [4.78, 5) is 2.46. The molecule has 1 aromatic carbocycles. The van der Waals surface area contributed by atoms with Crippen LogP contribution in [0.1, 0.15) is 25.3 Å². The van der Waals surface area contributed by atoms with E-state index in [2.05, 4.69) is 11.8 Å². The van der Waals surface area contributed by atoms with Crippen molar-refractivity contribution < 1.29 is 4.39 Å². The van der Waals surface area contributed by atoms with Crippen LogP contribution in [0, 0.1) is 5.82 Å². The lowest BCUT2D eigenvalue weighted by Gasteiger charge is -2.30. The van der Waals surface area contributed by atoms with Gasteiger partial charge in [-0.1, -0.05) is 12.1 Å². The van der Waals surface area contributed by atoms with Gasteiger partial charge in [-0.2, -0.15) is 0 Å². The maximum absolute atomic E-state index is 13.1. The molecule has 2 nitrogen and oxygen atoms in total. The highest BCUT2D eigenvalue weighted by Gasteiger charge is 2.27. The first-order valence-corrected chi connectivity index (χ1v) is 6.41. The summed E-state index contributed by atoms with van der Waals surface area (Å²) in [7, 11) is 0. The van der Waals surface area contributed by atoms with E-state index in [4.69, 9.17) is 5.73 Å². The minimum absolute atomic E-state index is 0.147. The molecule has 1 saturated heterocycles. The Labute approximate surface area is 103 Å². The normalized spacial score (nSPS) is 22.9. The monoisotopic (exact) mass is 236 g/mol. The standard InChI is InChI=1S/C14H21FN2/c1-11(17-7-3-6-14(17)10-16)8-12-4-2-5-13(15)9-12/h2,4-5,9,11,14H,3,6-8,10,16H2,1H3. The van der Waals surface area contributed by atoms with Gasteiger partial charge in [0.2, 0.25) is 0 Å². The molecule has 0 amide bonds. The second-order valence-corrected chi connectivity index (χ2v) is 4.95. The second-order valence-electron chi connectivity index (χ2n) is 4.95. The minimum Gasteiger partial charge on any atom is -0.329 e. The number of benzene rings is 1. The van der Waals surface area contributed by atoms with Crippen molar-refractivity contribution in [1.82, 2.24) is 4.90 Å². The number of nitrogens with two attached hydrogens (primary N) is 1. The van der Waals surface area contributed by atoms with Crippen molar-refractivity contribution >= 4 is 0 Å². The van der Waals surface area contributed by atoms with Crippen molar-refractivity contribution in [3.63, 3.8) is 0 Å². The first kappa shape index (κ1) is 12.5. The van der Waals surface area contributed by atoms with Crippen molar-refractivity contribution in [1.29, 1.82) is 0 Å². The van der Waals surface area contributed by atoms with Gasteiger partial charge in [-0.3, -0.25) is 4.90 Å². The highest BCUT2D eigenvalue weighted by molar-refractivity contribution is 5.17. The fourth-order valence-electron chi connectivity index (χ4n) is 2.81. The molecule has 0 saturated carbocycles. The smallest absolute Gasteiger partial charge is 0.123 e. The van der Waals surface area contributed by atoms with E-state index in [0.717, 1.165) is 25.1 Å². The number of nitrogens with zero attached hydrogens (tertiary/aromatic N) is 1. The lowest BCUT2D eigenvalue weighted by atomic mass is 10.0. The topological polar surface area (TPSA) is 29.3 Å². The Kier molecular flexibility index (Phi) is 4.13. The number of hydrogen-bond donors (Lipinski definition) is 1. The van der Waals surface area contributed by atoms with Crippen LogP contribution in [-0.4, -0.2) is 30.1 Å². The average molecular weight is 236 g/mol. The van der Waals surface area contributed by atoms with Crippen LogP contribution < -0.4 is 5.73 Å². The van der Waals surface area contributed by atoms with E-state index < -0.39 is 0 Å². The van der Waals surface area contributed by atoms with Crippen molar-refractivity contribution in [2.24, 2.45) is 5.73 Å². The van der Waals surface area contributed by atoms with E-state index in [9.17, 15) is 4.39 Å². The summed E-state index contributed by atoms with van der Waals surface area (Å²) in [6, 6.07) is 7.84. The van der Waals surface area contributed by atoms with Crippen molar-refractivity contribution in [2.75, 3.05) is 13.1 Å². The number of likely N-dealkylation sites (tertiary alicyclic amines) is 1. The van der Waals surface area contributed by atoms with E-state index in [-0.39, 0.29) is 5.82 Å². The molecule has 94 valence electrons. The molecule has 1 aliphatic rings. The Morgan fingerprint density at radius 3 is 3.06 bits per heavy atom. The summed E-state index contributed by atoms with van der Waals surface area (Å²) in [5.74, 6) is -0.147. The maximum Gasteiger partial charge on any atom is 0.123 e. The van der Waals surface area contributed by atoms with Gasteiger partial charge in [0, 0.05) is 18.6 Å². The molecule has 2 unspecified atom stereocenters. The molecular weight excluding hydrogens is 215 g/mol. The van der Waals surface area contributed by atoms with E-state index in [0.29, 0.717) is 12.1 Å². The Hall–Kier alpha value is -0.930. The van der Waals surface area contributed by atoms with Gasteiger partial charge in [0.25, 0.3) is 0 Å². The predicted octanol–water partition coefficient (Wildman–Crippen LogP) is 2.18. The zero-order valence-electron chi connectivity index (χ0n) is 10.4. The molecule has 3 heteroatoms. The van der Waals surface area contributed by atoms with Gasteiger partial charge >= 0.3 is 0 Å². The van der Waals surface area contributed by atoms with Crippen molar-refractivity contribution in [3.05, 3.63) is 35.6 Å². The third kappa shape index (κ3) is 3.05. The van der Waals surface area contributed by atoms with Crippen LogP contribution >= 0.6 is 0 Å². The van der Waals surface area contributed by atoms with Gasteiger partial charge < -0.3 is 5.73 Å². The highest BCUT2D eigenvalue weighted by atomic mass is 19.1. The fraction of sp³-hybridized carbons (Fsp3) is 0.571. The molecule has 2 rings (SSSR count). The fourth-order valence-corrected chi connectivity index (χ4v) is 2.81. The molecule has 0 aromatic heterocycles. The quantitative estimate of drug-likeness (QED) is 0.868. The third-order valence-electron chi connectivity index (χ3n) is 3.68. The van der Waals surface area contributed by atoms with E-state index in [1.165, 1.54) is 18.9 Å². The number of hydrogen-bond acceptors (Lipinski definition) is 2. The van der Waals surface area contributed by atoms with Crippen LogP contribution in [0.15, 0.2) is 24.3 Å². The SMILES string of the molecule is CC(Cc1cccc(F)c1)N1CCCC1CN. The summed E-state index contributed by atoms with van der Waals surface area (Å²) >= 11 is 0. The molecule has 2 N–H and O–H groups in total. The average Bonchev–Trinajstić information content (AvgIpc) is 2.77. The molecule has 2 atom stereocenters. The molecule has 17 heavy (non-hydrogen) atoms. The first-order valence-electron chi connectivity index (χ1n) is 6.41. The molecule has 0 bridgehead atoms.